The lowest BCUT2D eigenvalue weighted by Gasteiger charge is -2.15. The molecular weight excluding hydrogens is 357 g/mol. The lowest BCUT2D eigenvalue weighted by molar-refractivity contribution is 0.0997. The minimum Gasteiger partial charge on any atom is -0.352 e. The van der Waals surface area contributed by atoms with Gasteiger partial charge in [-0.05, 0) is 6.42 Å². The summed E-state index contributed by atoms with van der Waals surface area (Å²) in [5, 5.41) is 5.28. The van der Waals surface area contributed by atoms with Crippen LogP contribution in [-0.2, 0) is 6.54 Å². The molecule has 0 bridgehead atoms. The van der Waals surface area contributed by atoms with Crippen LogP contribution in [0, 0.1) is 0 Å². The molecule has 5 rings (SSSR count). The Morgan fingerprint density at radius 2 is 2.04 bits per heavy atom. The van der Waals surface area contributed by atoms with Crippen LogP contribution in [0.3, 0.4) is 0 Å². The molecule has 132 valence electrons. The van der Waals surface area contributed by atoms with E-state index in [2.05, 4.69) is 20.1 Å². The quantitative estimate of drug-likeness (QED) is 0.699. The first kappa shape index (κ1) is 15.4. The molecule has 0 radical (unpaired) electrons. The van der Waals surface area contributed by atoms with Gasteiger partial charge in [0.25, 0.3) is 5.91 Å². The van der Waals surface area contributed by atoms with Crippen LogP contribution in [0.1, 0.15) is 22.5 Å². The first-order chi connectivity index (χ1) is 12.7. The van der Waals surface area contributed by atoms with Crippen LogP contribution in [0.5, 0.6) is 0 Å². The van der Waals surface area contributed by atoms with Crippen LogP contribution in [0.15, 0.2) is 30.3 Å². The van der Waals surface area contributed by atoms with Gasteiger partial charge in [0.2, 0.25) is 0 Å². The summed E-state index contributed by atoms with van der Waals surface area (Å²) in [6, 6.07) is 0. The maximum absolute atomic E-state index is 13.3. The number of fused-ring (bicyclic) bond motifs is 1. The van der Waals surface area contributed by atoms with E-state index in [1.807, 2.05) is 4.90 Å². The average Bonchev–Trinajstić information content (AvgIpc) is 3.41. The fourth-order valence-electron chi connectivity index (χ4n) is 3.23. The average molecular weight is 371 g/mol. The predicted molar refractivity (Wildman–Crippen MR) is 93.5 cm³/mol. The summed E-state index contributed by atoms with van der Waals surface area (Å²) >= 11 is 1.42. The van der Waals surface area contributed by atoms with E-state index in [9.17, 15) is 9.18 Å². The molecule has 0 saturated carbocycles. The standard InChI is InChI=1S/C16H14FN7OS/c17-10-1-2-22(6-10)13-3-20-14(4-19-13)24-7-11-12(21-24)8-23(16(11)25)15-5-18-9-26-15/h3-5,7,9-10H,1-2,6,8H2/t10-/m1/s1. The van der Waals surface area contributed by atoms with Crippen LogP contribution in [0.2, 0.25) is 0 Å². The number of rotatable bonds is 3. The van der Waals surface area contributed by atoms with E-state index < -0.39 is 6.17 Å². The number of anilines is 2. The van der Waals surface area contributed by atoms with Crippen LogP contribution in [0.25, 0.3) is 5.82 Å². The Hall–Kier alpha value is -2.88. The topological polar surface area (TPSA) is 80.0 Å². The van der Waals surface area contributed by atoms with Gasteiger partial charge in [-0.2, -0.15) is 5.10 Å². The summed E-state index contributed by atoms with van der Waals surface area (Å²) in [4.78, 5) is 28.9. The number of alkyl halides is 1. The molecule has 0 aliphatic carbocycles. The van der Waals surface area contributed by atoms with Gasteiger partial charge in [-0.3, -0.25) is 14.7 Å². The molecule has 1 amide bonds. The highest BCUT2D eigenvalue weighted by molar-refractivity contribution is 7.14. The van der Waals surface area contributed by atoms with Gasteiger partial charge in [-0.15, -0.1) is 11.3 Å². The molecule has 0 N–H and O–H groups in total. The third-order valence-corrected chi connectivity index (χ3v) is 5.37. The SMILES string of the molecule is O=C1c2cn(-c3cnc(N4CC[C@@H](F)C4)cn3)nc2CN1c1cncs1. The lowest BCUT2D eigenvalue weighted by atomic mass is 10.3. The number of hydrogen-bond acceptors (Lipinski definition) is 7. The minimum absolute atomic E-state index is 0.0915. The Balaban J connectivity index is 1.37. The van der Waals surface area contributed by atoms with E-state index in [0.29, 0.717) is 48.9 Å². The molecule has 26 heavy (non-hydrogen) atoms. The number of amides is 1. The molecule has 1 atom stereocenters. The summed E-state index contributed by atoms with van der Waals surface area (Å²) in [5.74, 6) is 1.09. The lowest BCUT2D eigenvalue weighted by Crippen LogP contribution is -2.23. The van der Waals surface area contributed by atoms with Crippen LogP contribution >= 0.6 is 11.3 Å². The molecule has 2 aliphatic heterocycles. The van der Waals surface area contributed by atoms with Crippen LogP contribution in [0.4, 0.5) is 15.2 Å². The van der Waals surface area contributed by atoms with Crippen molar-refractivity contribution < 1.29 is 9.18 Å². The number of hydrogen-bond donors (Lipinski definition) is 0. The Labute approximate surface area is 151 Å². The zero-order chi connectivity index (χ0) is 17.7. The van der Waals surface area contributed by atoms with E-state index in [4.69, 9.17) is 0 Å². The molecular formula is C16H14FN7OS. The molecule has 3 aromatic heterocycles. The molecule has 0 aromatic carbocycles. The Kier molecular flexibility index (Phi) is 3.45. The zero-order valence-corrected chi connectivity index (χ0v) is 14.4. The minimum atomic E-state index is -0.807. The number of carbonyl (C=O) groups is 1. The van der Waals surface area contributed by atoms with Crippen molar-refractivity contribution in [1.29, 1.82) is 0 Å². The van der Waals surface area contributed by atoms with Crippen LogP contribution in [-0.4, -0.2) is 49.9 Å². The van der Waals surface area contributed by atoms with Crippen molar-refractivity contribution in [3.63, 3.8) is 0 Å². The normalized spacial score (nSPS) is 19.4. The fourth-order valence-corrected chi connectivity index (χ4v) is 3.86. The van der Waals surface area contributed by atoms with E-state index in [1.54, 1.807) is 39.9 Å². The summed E-state index contributed by atoms with van der Waals surface area (Å²) < 4.78 is 14.9. The summed E-state index contributed by atoms with van der Waals surface area (Å²) in [7, 11) is 0. The molecule has 1 saturated heterocycles. The van der Waals surface area contributed by atoms with Crippen LogP contribution < -0.4 is 9.80 Å². The highest BCUT2D eigenvalue weighted by Crippen LogP contribution is 2.30. The van der Waals surface area contributed by atoms with Gasteiger partial charge in [0, 0.05) is 12.7 Å². The summed E-state index contributed by atoms with van der Waals surface area (Å²) in [5.41, 5.74) is 2.96. The molecule has 10 heteroatoms. The van der Waals surface area contributed by atoms with Gasteiger partial charge in [0.05, 0.1) is 48.4 Å². The summed E-state index contributed by atoms with van der Waals surface area (Å²) in [6.45, 7) is 1.42. The Morgan fingerprint density at radius 1 is 1.19 bits per heavy atom. The van der Waals surface area contributed by atoms with Gasteiger partial charge in [-0.1, -0.05) is 0 Å². The molecule has 1 fully saturated rings. The van der Waals surface area contributed by atoms with Gasteiger partial charge in [0.15, 0.2) is 5.82 Å². The Morgan fingerprint density at radius 3 is 2.69 bits per heavy atom. The second-order valence-corrected chi connectivity index (χ2v) is 7.09. The summed E-state index contributed by atoms with van der Waals surface area (Å²) in [6.07, 6.45) is 6.27. The van der Waals surface area contributed by atoms with E-state index >= 15 is 0 Å². The highest BCUT2D eigenvalue weighted by atomic mass is 32.1. The van der Waals surface area contributed by atoms with Crippen molar-refractivity contribution in [2.75, 3.05) is 22.9 Å². The predicted octanol–water partition coefficient (Wildman–Crippen LogP) is 1.83. The second kappa shape index (κ2) is 5.84. The van der Waals surface area contributed by atoms with Gasteiger partial charge in [-0.25, -0.2) is 19.0 Å². The van der Waals surface area contributed by atoms with Crippen molar-refractivity contribution in [3.05, 3.63) is 41.6 Å². The number of halogens is 1. The van der Waals surface area contributed by atoms with Crippen molar-refractivity contribution >= 4 is 28.1 Å². The second-order valence-electron chi connectivity index (χ2n) is 6.23. The van der Waals surface area contributed by atoms with Crippen molar-refractivity contribution in [1.82, 2.24) is 24.7 Å². The molecule has 2 aliphatic rings. The zero-order valence-electron chi connectivity index (χ0n) is 13.6. The molecule has 5 heterocycles. The van der Waals surface area contributed by atoms with E-state index in [-0.39, 0.29) is 5.91 Å². The third-order valence-electron chi connectivity index (χ3n) is 4.57. The number of thiazole rings is 1. The van der Waals surface area contributed by atoms with E-state index in [1.165, 1.54) is 11.3 Å². The monoisotopic (exact) mass is 371 g/mol. The highest BCUT2D eigenvalue weighted by Gasteiger charge is 2.33. The van der Waals surface area contributed by atoms with Crippen molar-refractivity contribution in [2.24, 2.45) is 0 Å². The Bertz CT molecular complexity index is 956. The van der Waals surface area contributed by atoms with Gasteiger partial charge >= 0.3 is 0 Å². The van der Waals surface area contributed by atoms with Crippen molar-refractivity contribution in [3.8, 4) is 5.82 Å². The van der Waals surface area contributed by atoms with Crippen molar-refractivity contribution in [2.45, 2.75) is 19.1 Å². The maximum Gasteiger partial charge on any atom is 0.262 e. The number of nitrogens with zero attached hydrogens (tertiary/aromatic N) is 7. The first-order valence-electron chi connectivity index (χ1n) is 8.19. The van der Waals surface area contributed by atoms with Gasteiger partial charge in [0.1, 0.15) is 17.0 Å². The third kappa shape index (κ3) is 2.45. The fraction of sp³-hybridized carbons (Fsp3) is 0.312. The number of carbonyl (C=O) groups excluding carboxylic acids is 1. The molecule has 8 nitrogen and oxygen atoms in total. The largest absolute Gasteiger partial charge is 0.352 e. The molecule has 3 aromatic rings. The first-order valence-corrected chi connectivity index (χ1v) is 9.07. The molecule has 0 spiro atoms. The smallest absolute Gasteiger partial charge is 0.262 e. The molecule has 0 unspecified atom stereocenters. The van der Waals surface area contributed by atoms with Gasteiger partial charge < -0.3 is 4.90 Å². The van der Waals surface area contributed by atoms with E-state index in [0.717, 1.165) is 5.00 Å². The number of aromatic nitrogens is 5. The maximum atomic E-state index is 13.3.